The number of ether oxygens (including phenoxy) is 2. The maximum Gasteiger partial charge on any atom is 0.312 e. The van der Waals surface area contributed by atoms with Crippen molar-refractivity contribution in [3.8, 4) is 11.5 Å². The minimum absolute atomic E-state index is 0.0000368. The monoisotopic (exact) mass is 391 g/mol. The first-order valence-electron chi connectivity index (χ1n) is 8.22. The number of benzene rings is 2. The van der Waals surface area contributed by atoms with Gasteiger partial charge in [-0.05, 0) is 29.3 Å². The van der Waals surface area contributed by atoms with E-state index < -0.39 is 12.1 Å². The molecule has 0 spiro atoms. The number of nitrogens with two attached hydrogens (primary N) is 1. The summed E-state index contributed by atoms with van der Waals surface area (Å²) in [5.74, 6) is 0.925. The van der Waals surface area contributed by atoms with E-state index in [1.54, 1.807) is 50.6 Å². The number of methoxy groups -OCH3 is 2. The van der Waals surface area contributed by atoms with Gasteiger partial charge in [0.1, 0.15) is 0 Å². The van der Waals surface area contributed by atoms with Crippen molar-refractivity contribution in [2.75, 3.05) is 14.2 Å². The van der Waals surface area contributed by atoms with Crippen LogP contribution in [0.15, 0.2) is 42.5 Å². The first-order valence-corrected chi connectivity index (χ1v) is 8.60. The third-order valence-electron chi connectivity index (χ3n) is 3.92. The van der Waals surface area contributed by atoms with Gasteiger partial charge >= 0.3 is 6.03 Å². The van der Waals surface area contributed by atoms with E-state index in [1.807, 2.05) is 6.07 Å². The van der Waals surface area contributed by atoms with E-state index in [9.17, 15) is 9.59 Å². The molecule has 0 saturated carbocycles. The first-order chi connectivity index (χ1) is 12.9. The summed E-state index contributed by atoms with van der Waals surface area (Å²) < 4.78 is 10.4. The molecular weight excluding hydrogens is 370 g/mol. The van der Waals surface area contributed by atoms with E-state index >= 15 is 0 Å². The number of hydrogen-bond donors (Lipinski definition) is 3. The molecule has 0 aromatic heterocycles. The maximum atomic E-state index is 12.4. The summed E-state index contributed by atoms with van der Waals surface area (Å²) in [6, 6.07) is 11.0. The van der Waals surface area contributed by atoms with Crippen LogP contribution in [0.5, 0.6) is 11.5 Å². The van der Waals surface area contributed by atoms with Gasteiger partial charge in [0.05, 0.1) is 26.7 Å². The van der Waals surface area contributed by atoms with Gasteiger partial charge in [0, 0.05) is 11.6 Å². The number of primary amides is 1. The fourth-order valence-electron chi connectivity index (χ4n) is 2.62. The van der Waals surface area contributed by atoms with Crippen molar-refractivity contribution in [2.45, 2.75) is 19.0 Å². The van der Waals surface area contributed by atoms with Gasteiger partial charge in [-0.15, -0.1) is 0 Å². The fraction of sp³-hybridized carbons (Fsp3) is 0.263. The molecule has 0 fully saturated rings. The molecule has 144 valence electrons. The molecule has 7 nitrogen and oxygen atoms in total. The molecule has 0 saturated heterocycles. The van der Waals surface area contributed by atoms with Crippen LogP contribution in [-0.2, 0) is 11.3 Å². The van der Waals surface area contributed by atoms with Crippen LogP contribution in [0.3, 0.4) is 0 Å². The van der Waals surface area contributed by atoms with Gasteiger partial charge in [-0.1, -0.05) is 35.9 Å². The summed E-state index contributed by atoms with van der Waals surface area (Å²) in [4.78, 5) is 23.7. The van der Waals surface area contributed by atoms with E-state index in [1.165, 1.54) is 0 Å². The molecule has 27 heavy (non-hydrogen) atoms. The van der Waals surface area contributed by atoms with Gasteiger partial charge in [-0.3, -0.25) is 4.79 Å². The van der Waals surface area contributed by atoms with E-state index in [4.69, 9.17) is 26.8 Å². The third-order valence-corrected chi connectivity index (χ3v) is 4.27. The number of nitrogens with one attached hydrogen (secondary N) is 2. The summed E-state index contributed by atoms with van der Waals surface area (Å²) in [5.41, 5.74) is 6.70. The molecular formula is C19H22ClN3O4. The van der Waals surface area contributed by atoms with Gasteiger partial charge in [0.25, 0.3) is 0 Å². The lowest BCUT2D eigenvalue weighted by molar-refractivity contribution is -0.121. The number of hydrogen-bond acceptors (Lipinski definition) is 4. The second-order valence-corrected chi connectivity index (χ2v) is 6.16. The van der Waals surface area contributed by atoms with Crippen molar-refractivity contribution in [3.05, 3.63) is 58.6 Å². The zero-order valence-corrected chi connectivity index (χ0v) is 15.9. The Morgan fingerprint density at radius 1 is 1.11 bits per heavy atom. The lowest BCUT2D eigenvalue weighted by Crippen LogP contribution is -2.36. The van der Waals surface area contributed by atoms with Crippen molar-refractivity contribution in [1.29, 1.82) is 0 Å². The number of halogens is 1. The Morgan fingerprint density at radius 3 is 2.44 bits per heavy atom. The minimum Gasteiger partial charge on any atom is -0.493 e. The SMILES string of the molecule is COc1ccc(CNC(=O)C[C@H](NC(N)=O)c2ccccc2Cl)cc1OC. The Hall–Kier alpha value is -2.93. The van der Waals surface area contributed by atoms with Gasteiger partial charge in [0.15, 0.2) is 11.5 Å². The molecule has 0 aliphatic rings. The standard InChI is InChI=1S/C19H22ClN3O4/c1-26-16-8-7-12(9-17(16)27-2)11-22-18(24)10-15(23-19(21)25)13-5-3-4-6-14(13)20/h3-9,15H,10-11H2,1-2H3,(H,22,24)(H3,21,23,25)/t15-/m0/s1. The van der Waals surface area contributed by atoms with Crippen LogP contribution in [0, 0.1) is 0 Å². The van der Waals surface area contributed by atoms with E-state index in [2.05, 4.69) is 10.6 Å². The van der Waals surface area contributed by atoms with Crippen LogP contribution in [0.2, 0.25) is 5.02 Å². The van der Waals surface area contributed by atoms with Crippen molar-refractivity contribution in [1.82, 2.24) is 10.6 Å². The highest BCUT2D eigenvalue weighted by atomic mass is 35.5. The number of amides is 3. The van der Waals surface area contributed by atoms with E-state index in [0.29, 0.717) is 28.6 Å². The second-order valence-electron chi connectivity index (χ2n) is 5.75. The van der Waals surface area contributed by atoms with Crippen LogP contribution < -0.4 is 25.8 Å². The molecule has 2 rings (SSSR count). The normalized spacial score (nSPS) is 11.4. The third kappa shape index (κ3) is 5.79. The van der Waals surface area contributed by atoms with Crippen LogP contribution in [0.25, 0.3) is 0 Å². The van der Waals surface area contributed by atoms with Crippen molar-refractivity contribution < 1.29 is 19.1 Å². The van der Waals surface area contributed by atoms with Crippen LogP contribution in [-0.4, -0.2) is 26.2 Å². The smallest absolute Gasteiger partial charge is 0.312 e. The van der Waals surface area contributed by atoms with Crippen molar-refractivity contribution in [2.24, 2.45) is 5.73 Å². The molecule has 2 aromatic carbocycles. The molecule has 3 amide bonds. The predicted octanol–water partition coefficient (Wildman–Crippen LogP) is 2.77. The van der Waals surface area contributed by atoms with Crippen LogP contribution in [0.4, 0.5) is 4.79 Å². The summed E-state index contributed by atoms with van der Waals surface area (Å²) in [5, 5.41) is 5.81. The quantitative estimate of drug-likeness (QED) is 0.643. The first kappa shape index (κ1) is 20.4. The maximum absolute atomic E-state index is 12.4. The molecule has 1 atom stereocenters. The Morgan fingerprint density at radius 2 is 1.81 bits per heavy atom. The van der Waals surface area contributed by atoms with Crippen LogP contribution >= 0.6 is 11.6 Å². The van der Waals surface area contributed by atoms with Crippen molar-refractivity contribution in [3.63, 3.8) is 0 Å². The molecule has 0 unspecified atom stereocenters. The van der Waals surface area contributed by atoms with Gasteiger partial charge in [0.2, 0.25) is 5.91 Å². The number of rotatable bonds is 8. The summed E-state index contributed by atoms with van der Waals surface area (Å²) in [7, 11) is 3.10. The Kier molecular flexibility index (Phi) is 7.31. The average molecular weight is 392 g/mol. The van der Waals surface area contributed by atoms with Crippen molar-refractivity contribution >= 4 is 23.5 Å². The summed E-state index contributed by atoms with van der Waals surface area (Å²) in [6.07, 6.45) is -0.0000368. The average Bonchev–Trinajstić information content (AvgIpc) is 2.65. The van der Waals surface area contributed by atoms with E-state index in [0.717, 1.165) is 5.56 Å². The largest absolute Gasteiger partial charge is 0.493 e. The number of urea groups is 1. The second kappa shape index (κ2) is 9.68. The molecule has 0 aliphatic carbocycles. The Balaban J connectivity index is 2.04. The summed E-state index contributed by atoms with van der Waals surface area (Å²) in [6.45, 7) is 0.297. The zero-order chi connectivity index (χ0) is 19.8. The number of carbonyl (C=O) groups is 2. The van der Waals surface area contributed by atoms with Crippen LogP contribution in [0.1, 0.15) is 23.6 Å². The molecule has 4 N–H and O–H groups in total. The Bertz CT molecular complexity index is 813. The summed E-state index contributed by atoms with van der Waals surface area (Å²) >= 11 is 6.17. The molecule has 0 radical (unpaired) electrons. The molecule has 2 aromatic rings. The molecule has 0 heterocycles. The molecule has 0 aliphatic heterocycles. The lowest BCUT2D eigenvalue weighted by atomic mass is 10.0. The van der Waals surface area contributed by atoms with E-state index in [-0.39, 0.29) is 12.3 Å². The zero-order valence-electron chi connectivity index (χ0n) is 15.1. The highest BCUT2D eigenvalue weighted by molar-refractivity contribution is 6.31. The van der Waals surface area contributed by atoms with Gasteiger partial charge in [-0.25, -0.2) is 4.79 Å². The highest BCUT2D eigenvalue weighted by Gasteiger charge is 2.19. The lowest BCUT2D eigenvalue weighted by Gasteiger charge is -2.19. The molecule has 8 heteroatoms. The topological polar surface area (TPSA) is 103 Å². The highest BCUT2D eigenvalue weighted by Crippen LogP contribution is 2.28. The fourth-order valence-corrected chi connectivity index (χ4v) is 2.88. The Labute approximate surface area is 162 Å². The predicted molar refractivity (Wildman–Crippen MR) is 103 cm³/mol. The number of carbonyl (C=O) groups excluding carboxylic acids is 2. The van der Waals surface area contributed by atoms with Gasteiger partial charge in [-0.2, -0.15) is 0 Å². The van der Waals surface area contributed by atoms with Gasteiger partial charge < -0.3 is 25.8 Å². The minimum atomic E-state index is -0.729. The molecule has 0 bridgehead atoms.